The number of carbonyl (C=O) groups excluding carboxylic acids is 1. The van der Waals surface area contributed by atoms with Crippen molar-refractivity contribution in [2.75, 3.05) is 6.61 Å². The van der Waals surface area contributed by atoms with Gasteiger partial charge in [-0.3, -0.25) is 4.79 Å². The third-order valence-electron chi connectivity index (χ3n) is 6.33. The smallest absolute Gasteiger partial charge is 0.225 e. The van der Waals surface area contributed by atoms with E-state index >= 15 is 0 Å². The summed E-state index contributed by atoms with van der Waals surface area (Å²) in [5.41, 5.74) is 2.26. The number of benzene rings is 1. The zero-order valence-electron chi connectivity index (χ0n) is 20.2. The summed E-state index contributed by atoms with van der Waals surface area (Å²) in [7, 11) is 0. The first-order chi connectivity index (χ1) is 15.8. The SMILES string of the molecule is Cc1ccc(C)c(OCCCC(C)(C)C(=O)NC2CCC(Oc3ccc(C#N)nc3)CC2)c1. The first kappa shape index (κ1) is 24.6. The predicted octanol–water partition coefficient (Wildman–Crippen LogP) is 5.26. The highest BCUT2D eigenvalue weighted by molar-refractivity contribution is 5.82. The number of rotatable bonds is 9. The largest absolute Gasteiger partial charge is 0.493 e. The van der Waals surface area contributed by atoms with E-state index in [2.05, 4.69) is 35.4 Å². The number of nitrogens with one attached hydrogen (secondary N) is 1. The standard InChI is InChI=1S/C27H35N3O3/c1-19-6-7-20(2)25(16-19)32-15-5-14-27(3,4)26(31)30-21-8-11-23(12-9-21)33-24-13-10-22(17-28)29-18-24/h6-7,10,13,16,18,21,23H,5,8-9,11-12,14-15H2,1-4H3,(H,30,31). The van der Waals surface area contributed by atoms with E-state index in [1.165, 1.54) is 5.56 Å². The summed E-state index contributed by atoms with van der Waals surface area (Å²) in [5, 5.41) is 12.1. The summed E-state index contributed by atoms with van der Waals surface area (Å²) < 4.78 is 11.9. The molecule has 3 rings (SSSR count). The molecule has 1 aliphatic carbocycles. The van der Waals surface area contributed by atoms with Gasteiger partial charge >= 0.3 is 0 Å². The lowest BCUT2D eigenvalue weighted by atomic mass is 9.85. The molecule has 1 amide bonds. The van der Waals surface area contributed by atoms with Crippen LogP contribution in [0, 0.1) is 30.6 Å². The molecule has 176 valence electrons. The zero-order chi connectivity index (χ0) is 23.8. The molecule has 6 nitrogen and oxygen atoms in total. The minimum atomic E-state index is -0.438. The van der Waals surface area contributed by atoms with Gasteiger partial charge in [0.05, 0.1) is 18.9 Å². The van der Waals surface area contributed by atoms with Gasteiger partial charge in [0.2, 0.25) is 5.91 Å². The lowest BCUT2D eigenvalue weighted by Gasteiger charge is -2.32. The number of nitriles is 1. The summed E-state index contributed by atoms with van der Waals surface area (Å²) in [5.74, 6) is 1.72. The first-order valence-electron chi connectivity index (χ1n) is 11.8. The Kier molecular flexibility index (Phi) is 8.32. The van der Waals surface area contributed by atoms with Gasteiger partial charge in [0.15, 0.2) is 0 Å². The van der Waals surface area contributed by atoms with Crippen molar-refractivity contribution < 1.29 is 14.3 Å². The van der Waals surface area contributed by atoms with Crippen LogP contribution in [0.3, 0.4) is 0 Å². The topological polar surface area (TPSA) is 84.2 Å². The first-order valence-corrected chi connectivity index (χ1v) is 11.8. The predicted molar refractivity (Wildman–Crippen MR) is 128 cm³/mol. The summed E-state index contributed by atoms with van der Waals surface area (Å²) in [6.45, 7) is 8.73. The van der Waals surface area contributed by atoms with Crippen LogP contribution in [0.15, 0.2) is 36.5 Å². The number of pyridine rings is 1. The molecule has 33 heavy (non-hydrogen) atoms. The van der Waals surface area contributed by atoms with Crippen molar-refractivity contribution >= 4 is 5.91 Å². The van der Waals surface area contributed by atoms with Crippen LogP contribution in [0.4, 0.5) is 0 Å². The van der Waals surface area contributed by atoms with E-state index in [1.807, 2.05) is 26.8 Å². The van der Waals surface area contributed by atoms with E-state index in [9.17, 15) is 4.79 Å². The van der Waals surface area contributed by atoms with Crippen LogP contribution in [-0.4, -0.2) is 29.6 Å². The quantitative estimate of drug-likeness (QED) is 0.528. The molecule has 0 aliphatic heterocycles. The Hall–Kier alpha value is -3.07. The molecule has 1 N–H and O–H groups in total. The van der Waals surface area contributed by atoms with Crippen LogP contribution in [0.2, 0.25) is 0 Å². The lowest BCUT2D eigenvalue weighted by Crippen LogP contribution is -2.45. The van der Waals surface area contributed by atoms with Gasteiger partial charge in [-0.15, -0.1) is 0 Å². The molecule has 0 atom stereocenters. The second kappa shape index (κ2) is 11.2. The summed E-state index contributed by atoms with van der Waals surface area (Å²) in [4.78, 5) is 17.0. The highest BCUT2D eigenvalue weighted by atomic mass is 16.5. The molecular formula is C27H35N3O3. The molecule has 1 fully saturated rings. The number of nitrogens with zero attached hydrogens (tertiary/aromatic N) is 2. The number of aryl methyl sites for hydroxylation is 2. The summed E-state index contributed by atoms with van der Waals surface area (Å²) in [6.07, 6.45) is 6.87. The summed E-state index contributed by atoms with van der Waals surface area (Å²) in [6, 6.07) is 11.9. The number of hydrogen-bond acceptors (Lipinski definition) is 5. The minimum Gasteiger partial charge on any atom is -0.493 e. The molecule has 1 aromatic heterocycles. The van der Waals surface area contributed by atoms with Gasteiger partial charge in [-0.25, -0.2) is 4.98 Å². The molecule has 1 heterocycles. The van der Waals surface area contributed by atoms with E-state index in [4.69, 9.17) is 14.7 Å². The Bertz CT molecular complexity index is 971. The maximum atomic E-state index is 12.9. The number of amides is 1. The number of carbonyl (C=O) groups is 1. The number of aromatic nitrogens is 1. The number of hydrogen-bond donors (Lipinski definition) is 1. The Balaban J connectivity index is 1.38. The van der Waals surface area contributed by atoms with Crippen LogP contribution < -0.4 is 14.8 Å². The van der Waals surface area contributed by atoms with E-state index in [-0.39, 0.29) is 18.1 Å². The van der Waals surface area contributed by atoms with Crippen LogP contribution >= 0.6 is 0 Å². The fourth-order valence-electron chi connectivity index (χ4n) is 4.09. The van der Waals surface area contributed by atoms with Crippen LogP contribution in [-0.2, 0) is 4.79 Å². The van der Waals surface area contributed by atoms with Gasteiger partial charge in [0, 0.05) is 11.5 Å². The highest BCUT2D eigenvalue weighted by Crippen LogP contribution is 2.27. The van der Waals surface area contributed by atoms with Crippen molar-refractivity contribution in [3.63, 3.8) is 0 Å². The molecule has 0 unspecified atom stereocenters. The second-order valence-electron chi connectivity index (χ2n) is 9.66. The Morgan fingerprint density at radius 3 is 2.61 bits per heavy atom. The van der Waals surface area contributed by atoms with Gasteiger partial charge in [-0.1, -0.05) is 26.0 Å². The molecule has 2 aromatic rings. The van der Waals surface area contributed by atoms with Crippen molar-refractivity contribution in [2.24, 2.45) is 5.41 Å². The van der Waals surface area contributed by atoms with Crippen molar-refractivity contribution in [2.45, 2.75) is 78.4 Å². The van der Waals surface area contributed by atoms with Crippen molar-refractivity contribution in [1.82, 2.24) is 10.3 Å². The summed E-state index contributed by atoms with van der Waals surface area (Å²) >= 11 is 0. The van der Waals surface area contributed by atoms with E-state index < -0.39 is 5.41 Å². The molecule has 0 saturated heterocycles. The van der Waals surface area contributed by atoms with Gasteiger partial charge < -0.3 is 14.8 Å². The average molecular weight is 450 g/mol. The van der Waals surface area contributed by atoms with Crippen molar-refractivity contribution in [3.8, 4) is 17.6 Å². The molecule has 1 aliphatic rings. The third kappa shape index (κ3) is 7.21. The molecule has 0 bridgehead atoms. The maximum absolute atomic E-state index is 12.9. The highest BCUT2D eigenvalue weighted by Gasteiger charge is 2.31. The Labute approximate surface area is 197 Å². The normalized spacial score (nSPS) is 18.3. The molecule has 1 saturated carbocycles. The van der Waals surface area contributed by atoms with E-state index in [0.717, 1.165) is 49.8 Å². The van der Waals surface area contributed by atoms with Crippen LogP contribution in [0.25, 0.3) is 0 Å². The second-order valence-corrected chi connectivity index (χ2v) is 9.66. The molecule has 6 heteroatoms. The van der Waals surface area contributed by atoms with Crippen LogP contribution in [0.5, 0.6) is 11.5 Å². The van der Waals surface area contributed by atoms with Gasteiger partial charge in [-0.05, 0) is 81.7 Å². The van der Waals surface area contributed by atoms with Gasteiger partial charge in [0.1, 0.15) is 23.3 Å². The average Bonchev–Trinajstić information content (AvgIpc) is 2.80. The molecule has 1 aromatic carbocycles. The lowest BCUT2D eigenvalue weighted by molar-refractivity contribution is -0.130. The van der Waals surface area contributed by atoms with Crippen molar-refractivity contribution in [3.05, 3.63) is 53.3 Å². The zero-order valence-corrected chi connectivity index (χ0v) is 20.2. The van der Waals surface area contributed by atoms with E-state index in [1.54, 1.807) is 18.3 Å². The fraction of sp³-hybridized carbons (Fsp3) is 0.519. The molecule has 0 spiro atoms. The number of ether oxygens (including phenoxy) is 2. The van der Waals surface area contributed by atoms with Gasteiger partial charge in [-0.2, -0.15) is 5.26 Å². The Morgan fingerprint density at radius 2 is 1.94 bits per heavy atom. The minimum absolute atomic E-state index is 0.106. The van der Waals surface area contributed by atoms with E-state index in [0.29, 0.717) is 18.1 Å². The molecular weight excluding hydrogens is 414 g/mol. The fourth-order valence-corrected chi connectivity index (χ4v) is 4.09. The Morgan fingerprint density at radius 1 is 1.18 bits per heavy atom. The monoisotopic (exact) mass is 449 g/mol. The molecule has 0 radical (unpaired) electrons. The maximum Gasteiger partial charge on any atom is 0.225 e. The van der Waals surface area contributed by atoms with Crippen LogP contribution in [0.1, 0.15) is 69.2 Å². The third-order valence-corrected chi connectivity index (χ3v) is 6.33. The van der Waals surface area contributed by atoms with Gasteiger partial charge in [0.25, 0.3) is 0 Å². The van der Waals surface area contributed by atoms with Crippen molar-refractivity contribution in [1.29, 1.82) is 5.26 Å².